The van der Waals surface area contributed by atoms with E-state index in [-0.39, 0.29) is 5.69 Å². The molecule has 0 saturated carbocycles. The molecule has 0 aliphatic rings. The van der Waals surface area contributed by atoms with Crippen molar-refractivity contribution < 1.29 is 13.2 Å². The number of nitrogens with zero attached hydrogens (tertiary/aromatic N) is 2. The van der Waals surface area contributed by atoms with Gasteiger partial charge in [-0.15, -0.1) is 0 Å². The highest BCUT2D eigenvalue weighted by Gasteiger charge is 2.31. The lowest BCUT2D eigenvalue weighted by Gasteiger charge is -2.27. The Morgan fingerprint density at radius 3 is 2.00 bits per heavy atom. The van der Waals surface area contributed by atoms with E-state index >= 15 is 0 Å². The maximum absolute atomic E-state index is 12.7. The minimum atomic E-state index is -4.69. The predicted octanol–water partition coefficient (Wildman–Crippen LogP) is 5.63. The Morgan fingerprint density at radius 2 is 1.52 bits per heavy atom. The number of hydrogen-bond donors (Lipinski definition) is 2. The number of rotatable bonds is 5. The largest absolute Gasteiger partial charge is 0.430 e. The summed E-state index contributed by atoms with van der Waals surface area (Å²) in [6, 6.07) is 20.7. The van der Waals surface area contributed by atoms with Crippen LogP contribution in [0.1, 0.15) is 11.3 Å². The van der Waals surface area contributed by atoms with E-state index in [1.807, 2.05) is 72.5 Å². The molecule has 0 atom stereocenters. The van der Waals surface area contributed by atoms with Crippen LogP contribution in [-0.4, -0.2) is 16.9 Å². The van der Waals surface area contributed by atoms with Gasteiger partial charge in [-0.2, -0.15) is 13.2 Å². The number of hydrogen-bond acceptors (Lipinski definition) is 4. The second-order valence-corrected chi connectivity index (χ2v) is 6.37. The Balaban J connectivity index is 2.10. The highest BCUT2D eigenvalue weighted by atomic mass is 19.4. The van der Waals surface area contributed by atoms with Gasteiger partial charge in [0, 0.05) is 17.6 Å². The summed E-state index contributed by atoms with van der Waals surface area (Å²) in [5, 5.41) is 8.02. The van der Waals surface area contributed by atoms with Crippen LogP contribution in [0.5, 0.6) is 0 Å². The van der Waals surface area contributed by atoms with Crippen LogP contribution in [0.2, 0.25) is 0 Å². The molecule has 7 heteroatoms. The molecule has 2 aromatic carbocycles. The number of aromatic nitrogens is 1. The molecule has 29 heavy (non-hydrogen) atoms. The SMILES string of the molecule is Cc1cnc(C(=N)C=C(N)C(F)(F)F)cc1N(c1ccccc1)c1ccccc1. The van der Waals surface area contributed by atoms with Crippen molar-refractivity contribution in [2.24, 2.45) is 5.73 Å². The highest BCUT2D eigenvalue weighted by molar-refractivity contribution is 6.06. The third-order valence-corrected chi connectivity index (χ3v) is 4.25. The summed E-state index contributed by atoms with van der Waals surface area (Å²) in [4.78, 5) is 6.09. The smallest absolute Gasteiger partial charge is 0.395 e. The van der Waals surface area contributed by atoms with Gasteiger partial charge < -0.3 is 10.6 Å². The van der Waals surface area contributed by atoms with Gasteiger partial charge in [0.1, 0.15) is 5.70 Å². The number of nitrogens with one attached hydrogen (secondary N) is 1. The van der Waals surface area contributed by atoms with Gasteiger partial charge in [-0.3, -0.25) is 10.4 Å². The minimum Gasteiger partial charge on any atom is -0.395 e. The maximum atomic E-state index is 12.7. The normalized spacial score (nSPS) is 11.9. The van der Waals surface area contributed by atoms with Gasteiger partial charge in [-0.1, -0.05) is 36.4 Å². The molecule has 1 heterocycles. The van der Waals surface area contributed by atoms with E-state index in [1.165, 1.54) is 6.20 Å². The van der Waals surface area contributed by atoms with Gasteiger partial charge in [0.15, 0.2) is 0 Å². The van der Waals surface area contributed by atoms with Gasteiger partial charge in [0.2, 0.25) is 0 Å². The van der Waals surface area contributed by atoms with Gasteiger partial charge in [-0.25, -0.2) is 0 Å². The number of nitrogens with two attached hydrogens (primary N) is 1. The van der Waals surface area contributed by atoms with Crippen molar-refractivity contribution in [1.29, 1.82) is 5.41 Å². The molecule has 3 N–H and O–H groups in total. The Bertz CT molecular complexity index is 989. The molecule has 0 fully saturated rings. The predicted molar refractivity (Wildman–Crippen MR) is 109 cm³/mol. The fraction of sp³-hybridized carbons (Fsp3) is 0.0909. The molecule has 0 aliphatic heterocycles. The Kier molecular flexibility index (Phi) is 5.68. The first-order valence-electron chi connectivity index (χ1n) is 8.77. The monoisotopic (exact) mass is 396 g/mol. The zero-order valence-corrected chi connectivity index (χ0v) is 15.6. The van der Waals surface area contributed by atoms with Crippen LogP contribution in [-0.2, 0) is 0 Å². The van der Waals surface area contributed by atoms with Crippen molar-refractivity contribution in [2.45, 2.75) is 13.1 Å². The van der Waals surface area contributed by atoms with E-state index in [4.69, 9.17) is 11.1 Å². The van der Waals surface area contributed by atoms with Crippen LogP contribution in [0.25, 0.3) is 0 Å². The Labute approximate surface area is 166 Å². The van der Waals surface area contributed by atoms with Crippen LogP contribution in [0.4, 0.5) is 30.2 Å². The average molecular weight is 396 g/mol. The lowest BCUT2D eigenvalue weighted by molar-refractivity contribution is -0.0925. The highest BCUT2D eigenvalue weighted by Crippen LogP contribution is 2.36. The first kappa shape index (κ1) is 20.1. The van der Waals surface area contributed by atoms with Crippen LogP contribution in [0.3, 0.4) is 0 Å². The Morgan fingerprint density at radius 1 is 1.00 bits per heavy atom. The summed E-state index contributed by atoms with van der Waals surface area (Å²) in [6.45, 7) is 1.86. The third kappa shape index (κ3) is 4.63. The quantitative estimate of drug-likeness (QED) is 0.549. The first-order valence-corrected chi connectivity index (χ1v) is 8.77. The Hall–Kier alpha value is -3.61. The number of aryl methyl sites for hydroxylation is 1. The van der Waals surface area contributed by atoms with Gasteiger partial charge in [0.05, 0.1) is 17.1 Å². The molecule has 1 aromatic heterocycles. The summed E-state index contributed by atoms with van der Waals surface area (Å²) < 4.78 is 38.2. The van der Waals surface area contributed by atoms with Crippen molar-refractivity contribution in [3.8, 4) is 0 Å². The molecule has 0 unspecified atom stereocenters. The fourth-order valence-corrected chi connectivity index (χ4v) is 2.79. The molecule has 3 aromatic rings. The van der Waals surface area contributed by atoms with Crippen LogP contribution in [0, 0.1) is 12.3 Å². The molecular formula is C22H19F3N4. The molecular weight excluding hydrogens is 377 g/mol. The van der Waals surface area contributed by atoms with Crippen molar-refractivity contribution in [3.05, 3.63) is 96.0 Å². The molecule has 148 valence electrons. The van der Waals surface area contributed by atoms with E-state index in [0.717, 1.165) is 16.9 Å². The minimum absolute atomic E-state index is 0.0923. The second-order valence-electron chi connectivity index (χ2n) is 6.37. The summed E-state index contributed by atoms with van der Waals surface area (Å²) in [7, 11) is 0. The molecule has 4 nitrogen and oxygen atoms in total. The first-order chi connectivity index (χ1) is 13.8. The number of halogens is 3. The number of para-hydroxylation sites is 2. The summed E-state index contributed by atoms with van der Waals surface area (Å²) in [6.07, 6.45) is -2.58. The lowest BCUT2D eigenvalue weighted by atomic mass is 10.1. The maximum Gasteiger partial charge on any atom is 0.430 e. The number of benzene rings is 2. The topological polar surface area (TPSA) is 66.0 Å². The number of pyridine rings is 1. The average Bonchev–Trinajstić information content (AvgIpc) is 2.70. The molecule has 0 spiro atoms. The van der Waals surface area contributed by atoms with Crippen LogP contribution in [0.15, 0.2) is 84.7 Å². The van der Waals surface area contributed by atoms with E-state index < -0.39 is 17.6 Å². The summed E-state index contributed by atoms with van der Waals surface area (Å²) in [5.74, 6) is 0. The number of anilines is 3. The third-order valence-electron chi connectivity index (χ3n) is 4.25. The number of alkyl halides is 3. The molecule has 3 rings (SSSR count). The van der Waals surface area contributed by atoms with Crippen molar-refractivity contribution in [1.82, 2.24) is 4.98 Å². The molecule has 0 saturated heterocycles. The lowest BCUT2D eigenvalue weighted by Crippen LogP contribution is -2.21. The standard InChI is InChI=1S/C22H19F3N4/c1-15-14-28-19(18(26)12-21(27)22(23,24)25)13-20(15)29(16-8-4-2-5-9-16)17-10-6-3-7-11-17/h2-14,26H,27H2,1H3. The summed E-state index contributed by atoms with van der Waals surface area (Å²) >= 11 is 0. The van der Waals surface area contributed by atoms with Crippen LogP contribution >= 0.6 is 0 Å². The molecule has 0 aliphatic carbocycles. The van der Waals surface area contributed by atoms with Crippen molar-refractivity contribution in [2.75, 3.05) is 4.90 Å². The molecule has 0 amide bonds. The zero-order chi connectivity index (χ0) is 21.0. The fourth-order valence-electron chi connectivity index (χ4n) is 2.79. The van der Waals surface area contributed by atoms with Crippen LogP contribution < -0.4 is 10.6 Å². The molecule has 0 bridgehead atoms. The van der Waals surface area contributed by atoms with E-state index in [2.05, 4.69) is 4.98 Å². The molecule has 0 radical (unpaired) electrons. The summed E-state index contributed by atoms with van der Waals surface area (Å²) in [5.41, 5.74) is 6.65. The van der Waals surface area contributed by atoms with Gasteiger partial charge in [0.25, 0.3) is 0 Å². The van der Waals surface area contributed by atoms with Crippen molar-refractivity contribution >= 4 is 22.8 Å². The second kappa shape index (κ2) is 8.18. The van der Waals surface area contributed by atoms with E-state index in [1.54, 1.807) is 6.07 Å². The van der Waals surface area contributed by atoms with Gasteiger partial charge >= 0.3 is 6.18 Å². The van der Waals surface area contributed by atoms with E-state index in [9.17, 15) is 13.2 Å². The van der Waals surface area contributed by atoms with Crippen molar-refractivity contribution in [3.63, 3.8) is 0 Å². The van der Waals surface area contributed by atoms with Gasteiger partial charge in [-0.05, 0) is 48.9 Å². The van der Waals surface area contributed by atoms with E-state index in [0.29, 0.717) is 11.8 Å². The number of allylic oxidation sites excluding steroid dienone is 2. The zero-order valence-electron chi connectivity index (χ0n) is 15.6.